The predicted molar refractivity (Wildman–Crippen MR) is 109 cm³/mol. The van der Waals surface area contributed by atoms with E-state index in [1.165, 1.54) is 0 Å². The number of halogens is 1. The van der Waals surface area contributed by atoms with Crippen molar-refractivity contribution in [3.63, 3.8) is 0 Å². The van der Waals surface area contributed by atoms with Gasteiger partial charge in [0.05, 0.1) is 10.7 Å². The molecule has 1 aromatic heterocycles. The van der Waals surface area contributed by atoms with Crippen molar-refractivity contribution in [2.75, 3.05) is 7.05 Å². The van der Waals surface area contributed by atoms with E-state index >= 15 is 0 Å². The van der Waals surface area contributed by atoms with Crippen molar-refractivity contribution in [3.8, 4) is 5.75 Å². The highest BCUT2D eigenvalue weighted by atomic mass is 79.9. The maximum atomic E-state index is 12.7. The van der Waals surface area contributed by atoms with Crippen molar-refractivity contribution in [1.29, 1.82) is 0 Å². The van der Waals surface area contributed by atoms with Gasteiger partial charge in [-0.05, 0) is 52.7 Å². The second kappa shape index (κ2) is 8.39. The van der Waals surface area contributed by atoms with E-state index in [1.54, 1.807) is 18.1 Å². The molecule has 0 bridgehead atoms. The van der Waals surface area contributed by atoms with Crippen LogP contribution in [0.1, 0.15) is 27.2 Å². The summed E-state index contributed by atoms with van der Waals surface area (Å²) in [6.07, 6.45) is 1.81. The van der Waals surface area contributed by atoms with E-state index < -0.39 is 0 Å². The summed E-state index contributed by atoms with van der Waals surface area (Å²) < 4.78 is 8.55. The van der Waals surface area contributed by atoms with Crippen molar-refractivity contribution >= 4 is 21.8 Å². The Morgan fingerprint density at radius 3 is 2.52 bits per heavy atom. The molecule has 0 aliphatic rings. The summed E-state index contributed by atoms with van der Waals surface area (Å²) in [6.45, 7) is 2.98. The fourth-order valence-corrected chi connectivity index (χ4v) is 3.11. The number of carbonyl (C=O) groups is 1. The normalized spacial score (nSPS) is 10.7. The van der Waals surface area contributed by atoms with E-state index in [4.69, 9.17) is 4.74 Å². The van der Waals surface area contributed by atoms with E-state index in [9.17, 15) is 4.79 Å². The van der Waals surface area contributed by atoms with Crippen LogP contribution in [0.25, 0.3) is 0 Å². The molecule has 0 aliphatic carbocycles. The Labute approximate surface area is 167 Å². The molecule has 0 radical (unpaired) electrons. The average molecular weight is 428 g/mol. The van der Waals surface area contributed by atoms with Gasteiger partial charge >= 0.3 is 0 Å². The number of carbonyl (C=O) groups excluding carboxylic acids is 1. The number of rotatable bonds is 6. The molecule has 0 unspecified atom stereocenters. The lowest BCUT2D eigenvalue weighted by Gasteiger charge is -2.17. The Kier molecular flexibility index (Phi) is 5.96. The third kappa shape index (κ3) is 4.57. The summed E-state index contributed by atoms with van der Waals surface area (Å²) in [7, 11) is 3.70. The first-order valence-electron chi connectivity index (χ1n) is 8.65. The van der Waals surface area contributed by atoms with Gasteiger partial charge in [-0.2, -0.15) is 5.10 Å². The quantitative estimate of drug-likeness (QED) is 0.587. The van der Waals surface area contributed by atoms with Gasteiger partial charge in [0.15, 0.2) is 0 Å². The third-order valence-electron chi connectivity index (χ3n) is 4.52. The zero-order chi connectivity index (χ0) is 19.4. The maximum Gasteiger partial charge on any atom is 0.253 e. The molecule has 140 valence electrons. The highest BCUT2D eigenvalue weighted by Gasteiger charge is 2.14. The zero-order valence-corrected chi connectivity index (χ0v) is 17.2. The summed E-state index contributed by atoms with van der Waals surface area (Å²) in [6, 6.07) is 15.3. The molecule has 0 saturated carbocycles. The number of nitrogens with zero attached hydrogens (tertiary/aromatic N) is 3. The lowest BCUT2D eigenvalue weighted by molar-refractivity contribution is 0.0785. The molecule has 0 atom stereocenters. The van der Waals surface area contributed by atoms with Crippen molar-refractivity contribution in [1.82, 2.24) is 14.7 Å². The maximum absolute atomic E-state index is 12.7. The number of hydrogen-bond acceptors (Lipinski definition) is 3. The highest BCUT2D eigenvalue weighted by molar-refractivity contribution is 9.10. The van der Waals surface area contributed by atoms with Gasteiger partial charge in [0.1, 0.15) is 12.4 Å². The van der Waals surface area contributed by atoms with Gasteiger partial charge < -0.3 is 9.64 Å². The molecule has 0 fully saturated rings. The molecule has 2 aromatic carbocycles. The first kappa shape index (κ1) is 19.2. The first-order valence-corrected chi connectivity index (χ1v) is 9.44. The summed E-state index contributed by atoms with van der Waals surface area (Å²) in [5, 5.41) is 4.23. The summed E-state index contributed by atoms with van der Waals surface area (Å²) in [4.78, 5) is 14.4. The van der Waals surface area contributed by atoms with Crippen LogP contribution in [-0.4, -0.2) is 27.6 Å². The molecule has 0 spiro atoms. The van der Waals surface area contributed by atoms with E-state index in [-0.39, 0.29) is 5.91 Å². The Morgan fingerprint density at radius 1 is 1.19 bits per heavy atom. The third-order valence-corrected chi connectivity index (χ3v) is 5.18. The van der Waals surface area contributed by atoms with Gasteiger partial charge in [0.2, 0.25) is 0 Å². The Bertz CT molecular complexity index is 935. The number of amides is 1. The second-order valence-electron chi connectivity index (χ2n) is 6.46. The molecule has 1 amide bonds. The summed E-state index contributed by atoms with van der Waals surface area (Å²) >= 11 is 3.47. The molecule has 0 saturated heterocycles. The summed E-state index contributed by atoms with van der Waals surface area (Å²) in [5.41, 5.74) is 3.78. The standard InChI is InChI=1S/C21H22BrN3O2/c1-15-18(12-23-25(15)3)13-24(2)21(26)17-10-8-16(9-11-17)14-27-20-7-5-4-6-19(20)22/h4-12H,13-14H2,1-3H3. The van der Waals surface area contributed by atoms with Gasteiger partial charge in [-0.3, -0.25) is 9.48 Å². The van der Waals surface area contributed by atoms with Crippen LogP contribution in [-0.2, 0) is 20.2 Å². The van der Waals surface area contributed by atoms with Gasteiger partial charge in [-0.1, -0.05) is 24.3 Å². The average Bonchev–Trinajstić information content (AvgIpc) is 2.99. The smallest absolute Gasteiger partial charge is 0.253 e. The fraction of sp³-hybridized carbons (Fsp3) is 0.238. The minimum absolute atomic E-state index is 0.0171. The topological polar surface area (TPSA) is 47.4 Å². The molecule has 5 nitrogen and oxygen atoms in total. The number of hydrogen-bond donors (Lipinski definition) is 0. The van der Waals surface area contributed by atoms with Crippen LogP contribution in [0.5, 0.6) is 5.75 Å². The van der Waals surface area contributed by atoms with Gasteiger partial charge in [0, 0.05) is 37.5 Å². The van der Waals surface area contributed by atoms with Crippen molar-refractivity contribution < 1.29 is 9.53 Å². The predicted octanol–water partition coefficient (Wildman–Crippen LogP) is 4.34. The van der Waals surface area contributed by atoms with Gasteiger partial charge in [-0.15, -0.1) is 0 Å². The molecular formula is C21H22BrN3O2. The fourth-order valence-electron chi connectivity index (χ4n) is 2.71. The van der Waals surface area contributed by atoms with Crippen LogP contribution < -0.4 is 4.74 Å². The monoisotopic (exact) mass is 427 g/mol. The number of aryl methyl sites for hydroxylation is 1. The highest BCUT2D eigenvalue weighted by Crippen LogP contribution is 2.24. The van der Waals surface area contributed by atoms with Crippen LogP contribution in [0.15, 0.2) is 59.2 Å². The SMILES string of the molecule is Cc1c(CN(C)C(=O)c2ccc(COc3ccccc3Br)cc2)cnn1C. The van der Waals surface area contributed by atoms with Gasteiger partial charge in [-0.25, -0.2) is 0 Å². The molecule has 1 heterocycles. The molecule has 6 heteroatoms. The van der Waals surface area contributed by atoms with Crippen molar-refractivity contribution in [3.05, 3.63) is 81.6 Å². The Morgan fingerprint density at radius 2 is 1.89 bits per heavy atom. The first-order chi connectivity index (χ1) is 13.0. The number of aromatic nitrogens is 2. The van der Waals surface area contributed by atoms with E-state index in [0.717, 1.165) is 27.0 Å². The molecule has 0 N–H and O–H groups in total. The Hall–Kier alpha value is -2.60. The van der Waals surface area contributed by atoms with Crippen molar-refractivity contribution in [2.24, 2.45) is 7.05 Å². The largest absolute Gasteiger partial charge is 0.488 e. The minimum atomic E-state index is -0.0171. The molecule has 0 aliphatic heterocycles. The molecule has 3 aromatic rings. The van der Waals surface area contributed by atoms with E-state index in [1.807, 2.05) is 67.2 Å². The van der Waals surface area contributed by atoms with Gasteiger partial charge in [0.25, 0.3) is 5.91 Å². The lowest BCUT2D eigenvalue weighted by Crippen LogP contribution is -2.26. The molecule has 27 heavy (non-hydrogen) atoms. The minimum Gasteiger partial charge on any atom is -0.488 e. The van der Waals surface area contributed by atoms with E-state index in [0.29, 0.717) is 18.7 Å². The lowest BCUT2D eigenvalue weighted by atomic mass is 10.1. The molecule has 3 rings (SSSR count). The van der Waals surface area contributed by atoms with Crippen LogP contribution in [0.4, 0.5) is 0 Å². The Balaban J connectivity index is 1.61. The molecular weight excluding hydrogens is 406 g/mol. The summed E-state index contributed by atoms with van der Waals surface area (Å²) in [5.74, 6) is 0.778. The number of para-hydroxylation sites is 1. The van der Waals surface area contributed by atoms with E-state index in [2.05, 4.69) is 21.0 Å². The second-order valence-corrected chi connectivity index (χ2v) is 7.31. The van der Waals surface area contributed by atoms with Crippen LogP contribution >= 0.6 is 15.9 Å². The number of ether oxygens (including phenoxy) is 1. The van der Waals surface area contributed by atoms with Crippen LogP contribution in [0.2, 0.25) is 0 Å². The zero-order valence-electron chi connectivity index (χ0n) is 15.6. The number of benzene rings is 2. The van der Waals surface area contributed by atoms with Crippen LogP contribution in [0.3, 0.4) is 0 Å². The van der Waals surface area contributed by atoms with Crippen molar-refractivity contribution in [2.45, 2.75) is 20.1 Å². The van der Waals surface area contributed by atoms with Crippen LogP contribution in [0, 0.1) is 6.92 Å².